The van der Waals surface area contributed by atoms with Gasteiger partial charge >= 0.3 is 0 Å². The third kappa shape index (κ3) is 3.59. The maximum absolute atomic E-state index is 8.82. The molecule has 0 aliphatic rings. The fourth-order valence-corrected chi connectivity index (χ4v) is 2.59. The molecule has 0 saturated carbocycles. The van der Waals surface area contributed by atoms with Crippen molar-refractivity contribution in [3.63, 3.8) is 0 Å². The van der Waals surface area contributed by atoms with Gasteiger partial charge in [0.2, 0.25) is 0 Å². The molecule has 0 fully saturated rings. The molecule has 2 nitrogen and oxygen atoms in total. The van der Waals surface area contributed by atoms with E-state index in [1.807, 2.05) is 19.1 Å². The van der Waals surface area contributed by atoms with Gasteiger partial charge in [-0.3, -0.25) is 0 Å². The molecule has 1 atom stereocenters. The van der Waals surface area contributed by atoms with E-state index in [0.717, 1.165) is 16.9 Å². The van der Waals surface area contributed by atoms with E-state index < -0.39 is 0 Å². The summed E-state index contributed by atoms with van der Waals surface area (Å²) in [6, 6.07) is 3.78. The molecule has 0 heterocycles. The van der Waals surface area contributed by atoms with Crippen LogP contribution in [-0.2, 0) is 0 Å². The average Bonchev–Trinajstić information content (AvgIpc) is 2.14. The molecule has 0 bridgehead atoms. The van der Waals surface area contributed by atoms with Gasteiger partial charge in [0.15, 0.2) is 0 Å². The van der Waals surface area contributed by atoms with Crippen LogP contribution in [0, 0.1) is 6.92 Å². The molecule has 0 saturated heterocycles. The molecular weight excluding hydrogens is 230 g/mol. The summed E-state index contributed by atoms with van der Waals surface area (Å²) in [7, 11) is 0. The highest BCUT2D eigenvalue weighted by Crippen LogP contribution is 2.33. The van der Waals surface area contributed by atoms with Crippen LogP contribution >= 0.6 is 23.4 Å². The minimum absolute atomic E-state index is 0.218. The molecule has 0 aromatic heterocycles. The fraction of sp³-hybridized carbons (Fsp3) is 0.455. The van der Waals surface area contributed by atoms with Crippen LogP contribution < -0.4 is 5.73 Å². The van der Waals surface area contributed by atoms with Crippen LogP contribution in [0.4, 0.5) is 5.69 Å². The number of nitrogens with two attached hydrogens (primary N) is 1. The first-order chi connectivity index (χ1) is 7.04. The van der Waals surface area contributed by atoms with Gasteiger partial charge in [0.25, 0.3) is 0 Å². The molecule has 0 aliphatic carbocycles. The van der Waals surface area contributed by atoms with E-state index in [-0.39, 0.29) is 6.61 Å². The molecule has 84 valence electrons. The number of thioether (sulfide) groups is 1. The lowest BCUT2D eigenvalue weighted by molar-refractivity contribution is 0.289. The molecule has 0 aliphatic heterocycles. The molecule has 0 amide bonds. The van der Waals surface area contributed by atoms with Crippen molar-refractivity contribution in [1.82, 2.24) is 0 Å². The predicted octanol–water partition coefficient (Wildman–Crippen LogP) is 3.09. The van der Waals surface area contributed by atoms with Gasteiger partial charge < -0.3 is 10.8 Å². The third-order valence-corrected chi connectivity index (χ3v) is 3.82. The Morgan fingerprint density at radius 3 is 2.80 bits per heavy atom. The number of anilines is 1. The van der Waals surface area contributed by atoms with Gasteiger partial charge in [-0.05, 0) is 31.0 Å². The van der Waals surface area contributed by atoms with Gasteiger partial charge in [0, 0.05) is 16.8 Å². The molecule has 0 radical (unpaired) electrons. The lowest BCUT2D eigenvalue weighted by Crippen LogP contribution is -2.00. The molecule has 0 spiro atoms. The SMILES string of the molecule is Cc1cc(N)c(Cl)cc1SC(C)CCO. The first kappa shape index (κ1) is 12.7. The summed E-state index contributed by atoms with van der Waals surface area (Å²) in [5.74, 6) is 0. The number of aliphatic hydroxyl groups is 1. The molecule has 4 heteroatoms. The number of aliphatic hydroxyl groups excluding tert-OH is 1. The van der Waals surface area contributed by atoms with Gasteiger partial charge in [0.1, 0.15) is 0 Å². The highest BCUT2D eigenvalue weighted by molar-refractivity contribution is 8.00. The summed E-state index contributed by atoms with van der Waals surface area (Å²) in [5.41, 5.74) is 7.45. The Balaban J connectivity index is 2.81. The van der Waals surface area contributed by atoms with Crippen molar-refractivity contribution < 1.29 is 5.11 Å². The average molecular weight is 246 g/mol. The highest BCUT2D eigenvalue weighted by atomic mass is 35.5. The van der Waals surface area contributed by atoms with Crippen LogP contribution in [0.1, 0.15) is 18.9 Å². The molecule has 3 N–H and O–H groups in total. The van der Waals surface area contributed by atoms with E-state index >= 15 is 0 Å². The Labute approximate surface area is 99.8 Å². The monoisotopic (exact) mass is 245 g/mol. The second-order valence-corrected chi connectivity index (χ2v) is 5.47. The zero-order valence-corrected chi connectivity index (χ0v) is 10.5. The first-order valence-electron chi connectivity index (χ1n) is 4.87. The third-order valence-electron chi connectivity index (χ3n) is 2.16. The standard InChI is InChI=1S/C11H16ClNOS/c1-7-5-10(13)9(12)6-11(7)15-8(2)3-4-14/h5-6,8,14H,3-4,13H2,1-2H3. The second kappa shape index (κ2) is 5.64. The zero-order valence-electron chi connectivity index (χ0n) is 8.96. The summed E-state index contributed by atoms with van der Waals surface area (Å²) in [6.45, 7) is 4.32. The van der Waals surface area contributed by atoms with E-state index in [0.29, 0.717) is 16.0 Å². The Hall–Kier alpha value is -0.380. The minimum Gasteiger partial charge on any atom is -0.398 e. The molecule has 15 heavy (non-hydrogen) atoms. The number of rotatable bonds is 4. The Kier molecular flexibility index (Phi) is 4.77. The van der Waals surface area contributed by atoms with Crippen LogP contribution in [0.3, 0.4) is 0 Å². The maximum atomic E-state index is 8.82. The van der Waals surface area contributed by atoms with Crippen LogP contribution in [0.25, 0.3) is 0 Å². The number of aryl methyl sites for hydroxylation is 1. The Bertz CT molecular complexity index is 344. The molecule has 1 unspecified atom stereocenters. The summed E-state index contributed by atoms with van der Waals surface area (Å²) >= 11 is 7.68. The highest BCUT2D eigenvalue weighted by Gasteiger charge is 2.08. The van der Waals surface area contributed by atoms with E-state index in [2.05, 4.69) is 6.92 Å². The number of benzene rings is 1. The molecule has 1 aromatic rings. The van der Waals surface area contributed by atoms with Crippen LogP contribution in [-0.4, -0.2) is 17.0 Å². The molecule has 1 rings (SSSR count). The van der Waals surface area contributed by atoms with Gasteiger partial charge in [-0.15, -0.1) is 11.8 Å². The normalized spacial score (nSPS) is 12.8. The minimum atomic E-state index is 0.218. The predicted molar refractivity (Wildman–Crippen MR) is 67.6 cm³/mol. The van der Waals surface area contributed by atoms with E-state index in [1.54, 1.807) is 11.8 Å². The van der Waals surface area contributed by atoms with Crippen molar-refractivity contribution in [2.75, 3.05) is 12.3 Å². The first-order valence-corrected chi connectivity index (χ1v) is 6.13. The molecular formula is C11H16ClNOS. The van der Waals surface area contributed by atoms with E-state index in [9.17, 15) is 0 Å². The largest absolute Gasteiger partial charge is 0.398 e. The topological polar surface area (TPSA) is 46.2 Å². The van der Waals surface area contributed by atoms with Gasteiger partial charge in [-0.2, -0.15) is 0 Å². The second-order valence-electron chi connectivity index (χ2n) is 3.58. The van der Waals surface area contributed by atoms with Crippen molar-refractivity contribution in [3.8, 4) is 0 Å². The van der Waals surface area contributed by atoms with Crippen molar-refractivity contribution in [1.29, 1.82) is 0 Å². The van der Waals surface area contributed by atoms with E-state index in [4.69, 9.17) is 22.4 Å². The van der Waals surface area contributed by atoms with Crippen molar-refractivity contribution in [2.45, 2.75) is 30.4 Å². The number of halogens is 1. The number of hydrogen-bond donors (Lipinski definition) is 2. The Morgan fingerprint density at radius 2 is 2.20 bits per heavy atom. The van der Waals surface area contributed by atoms with Gasteiger partial charge in [-0.25, -0.2) is 0 Å². The van der Waals surface area contributed by atoms with Gasteiger partial charge in [0.05, 0.1) is 10.7 Å². The summed E-state index contributed by atoms with van der Waals surface area (Å²) in [5, 5.41) is 9.80. The smallest absolute Gasteiger partial charge is 0.0646 e. The van der Waals surface area contributed by atoms with Gasteiger partial charge in [-0.1, -0.05) is 18.5 Å². The summed E-state index contributed by atoms with van der Waals surface area (Å²) in [4.78, 5) is 1.13. The Morgan fingerprint density at radius 1 is 1.53 bits per heavy atom. The quantitative estimate of drug-likeness (QED) is 0.633. The summed E-state index contributed by atoms with van der Waals surface area (Å²) in [6.07, 6.45) is 0.784. The van der Waals surface area contributed by atoms with Crippen LogP contribution in [0.5, 0.6) is 0 Å². The molecule has 1 aromatic carbocycles. The van der Waals surface area contributed by atoms with Crippen molar-refractivity contribution in [2.24, 2.45) is 0 Å². The van der Waals surface area contributed by atoms with E-state index in [1.165, 1.54) is 0 Å². The summed E-state index contributed by atoms with van der Waals surface area (Å²) < 4.78 is 0. The van der Waals surface area contributed by atoms with Crippen molar-refractivity contribution >= 4 is 29.1 Å². The van der Waals surface area contributed by atoms with Crippen LogP contribution in [0.15, 0.2) is 17.0 Å². The fourth-order valence-electron chi connectivity index (χ4n) is 1.27. The number of nitrogen functional groups attached to an aromatic ring is 1. The van der Waals surface area contributed by atoms with Crippen LogP contribution in [0.2, 0.25) is 5.02 Å². The lowest BCUT2D eigenvalue weighted by Gasteiger charge is -2.12. The van der Waals surface area contributed by atoms with Crippen molar-refractivity contribution in [3.05, 3.63) is 22.7 Å². The number of hydrogen-bond acceptors (Lipinski definition) is 3. The maximum Gasteiger partial charge on any atom is 0.0646 e. The lowest BCUT2D eigenvalue weighted by atomic mass is 10.2. The zero-order chi connectivity index (χ0) is 11.4.